The predicted octanol–water partition coefficient (Wildman–Crippen LogP) is 2.85. The Bertz CT molecular complexity index is 545. The van der Waals surface area contributed by atoms with Gasteiger partial charge in [-0.15, -0.1) is 0 Å². The largest absolute Gasteiger partial charge is 0.487 e. The van der Waals surface area contributed by atoms with Crippen LogP contribution >= 0.6 is 0 Å². The highest BCUT2D eigenvalue weighted by atomic mass is 16.5. The van der Waals surface area contributed by atoms with Crippen molar-refractivity contribution in [3.63, 3.8) is 0 Å². The smallest absolute Gasteiger partial charge is 0.212 e. The molecule has 0 saturated carbocycles. The number of rotatable bonds is 5. The van der Waals surface area contributed by atoms with E-state index in [0.29, 0.717) is 18.8 Å². The molecule has 0 aliphatic rings. The lowest BCUT2D eigenvalue weighted by atomic mass is 10.2. The number of nitrogens with zero attached hydrogens (tertiary/aromatic N) is 1. The average Bonchev–Trinajstić information content (AvgIpc) is 2.39. The number of ether oxygens (including phenoxy) is 1. The molecule has 0 spiro atoms. The van der Waals surface area contributed by atoms with E-state index in [1.807, 2.05) is 44.2 Å². The quantitative estimate of drug-likeness (QED) is 0.837. The van der Waals surface area contributed by atoms with Crippen LogP contribution in [0.2, 0.25) is 0 Å². The molecule has 98 valence electrons. The highest BCUT2D eigenvalue weighted by Gasteiger charge is 2.08. The Labute approximate surface area is 112 Å². The van der Waals surface area contributed by atoms with Gasteiger partial charge in [-0.2, -0.15) is 0 Å². The van der Waals surface area contributed by atoms with Crippen molar-refractivity contribution in [1.82, 2.24) is 4.98 Å². The summed E-state index contributed by atoms with van der Waals surface area (Å²) in [5.41, 5.74) is 2.82. The van der Waals surface area contributed by atoms with Crippen molar-refractivity contribution in [2.45, 2.75) is 20.5 Å². The van der Waals surface area contributed by atoms with E-state index in [9.17, 15) is 4.79 Å². The molecule has 0 atom stereocenters. The maximum absolute atomic E-state index is 10.4. The molecule has 1 N–H and O–H groups in total. The Kier molecular flexibility index (Phi) is 4.13. The molecule has 1 aromatic heterocycles. The molecule has 1 heterocycles. The van der Waals surface area contributed by atoms with Crippen molar-refractivity contribution in [3.05, 3.63) is 53.2 Å². The minimum Gasteiger partial charge on any atom is -0.487 e. The third-order valence-corrected chi connectivity index (χ3v) is 2.76. The lowest BCUT2D eigenvalue weighted by molar-refractivity contribution is -0.105. The summed E-state index contributed by atoms with van der Waals surface area (Å²) < 4.78 is 5.81. The molecule has 1 amide bonds. The van der Waals surface area contributed by atoms with E-state index in [1.165, 1.54) is 0 Å². The summed E-state index contributed by atoms with van der Waals surface area (Å²) in [5.74, 6) is 1.30. The van der Waals surface area contributed by atoms with Gasteiger partial charge in [-0.1, -0.05) is 30.3 Å². The molecule has 1 aromatic carbocycles. The van der Waals surface area contributed by atoms with E-state index in [1.54, 1.807) is 6.07 Å². The lowest BCUT2D eigenvalue weighted by Crippen LogP contribution is -2.03. The van der Waals surface area contributed by atoms with Crippen molar-refractivity contribution in [2.75, 3.05) is 5.32 Å². The van der Waals surface area contributed by atoms with Gasteiger partial charge in [0.2, 0.25) is 6.41 Å². The Morgan fingerprint density at radius 1 is 1.26 bits per heavy atom. The number of pyridine rings is 1. The van der Waals surface area contributed by atoms with Gasteiger partial charge in [0.25, 0.3) is 0 Å². The first-order valence-corrected chi connectivity index (χ1v) is 6.06. The zero-order chi connectivity index (χ0) is 13.7. The maximum atomic E-state index is 10.4. The van der Waals surface area contributed by atoms with E-state index in [4.69, 9.17) is 4.74 Å². The first kappa shape index (κ1) is 13.1. The molecule has 0 unspecified atom stereocenters. The minimum absolute atomic E-state index is 0.505. The van der Waals surface area contributed by atoms with Gasteiger partial charge in [0.15, 0.2) is 0 Å². The van der Waals surface area contributed by atoms with Crippen LogP contribution in [0.1, 0.15) is 16.8 Å². The summed E-state index contributed by atoms with van der Waals surface area (Å²) in [6.45, 7) is 4.30. The van der Waals surface area contributed by atoms with E-state index >= 15 is 0 Å². The third kappa shape index (κ3) is 3.31. The highest BCUT2D eigenvalue weighted by molar-refractivity contribution is 5.69. The molecule has 4 nitrogen and oxygen atoms in total. The molecule has 0 aliphatic carbocycles. The fourth-order valence-corrected chi connectivity index (χ4v) is 1.90. The number of anilines is 1. The number of nitrogens with one attached hydrogen (secondary N) is 1. The van der Waals surface area contributed by atoms with Crippen molar-refractivity contribution in [2.24, 2.45) is 0 Å². The van der Waals surface area contributed by atoms with Gasteiger partial charge < -0.3 is 10.1 Å². The van der Waals surface area contributed by atoms with Gasteiger partial charge >= 0.3 is 0 Å². The first-order chi connectivity index (χ1) is 9.20. The van der Waals surface area contributed by atoms with Gasteiger partial charge in [-0.3, -0.25) is 4.79 Å². The summed E-state index contributed by atoms with van der Waals surface area (Å²) in [6.07, 6.45) is 0.617. The van der Waals surface area contributed by atoms with Crippen LogP contribution in [-0.4, -0.2) is 11.4 Å². The zero-order valence-corrected chi connectivity index (χ0v) is 11.0. The Morgan fingerprint density at radius 2 is 2.00 bits per heavy atom. The molecule has 0 saturated heterocycles. The Balaban J connectivity index is 2.14. The van der Waals surface area contributed by atoms with Crippen molar-refractivity contribution < 1.29 is 9.53 Å². The van der Waals surface area contributed by atoms with Crippen LogP contribution in [-0.2, 0) is 11.4 Å². The topological polar surface area (TPSA) is 51.2 Å². The van der Waals surface area contributed by atoms with Crippen LogP contribution in [0.25, 0.3) is 0 Å². The molecular weight excluding hydrogens is 240 g/mol. The number of aryl methyl sites for hydroxylation is 2. The fraction of sp³-hybridized carbons (Fsp3) is 0.200. The van der Waals surface area contributed by atoms with Crippen LogP contribution in [0.5, 0.6) is 5.75 Å². The zero-order valence-electron chi connectivity index (χ0n) is 11.0. The number of benzene rings is 1. The number of hydrogen-bond acceptors (Lipinski definition) is 3. The van der Waals surface area contributed by atoms with Crippen molar-refractivity contribution in [1.29, 1.82) is 0 Å². The van der Waals surface area contributed by atoms with E-state index in [0.717, 1.165) is 22.6 Å². The van der Waals surface area contributed by atoms with Crippen molar-refractivity contribution in [3.8, 4) is 5.75 Å². The minimum atomic E-state index is 0.505. The van der Waals surface area contributed by atoms with E-state index < -0.39 is 0 Å². The molecule has 4 heteroatoms. The van der Waals surface area contributed by atoms with Crippen LogP contribution in [0, 0.1) is 13.8 Å². The van der Waals surface area contributed by atoms with Crippen LogP contribution in [0.15, 0.2) is 36.4 Å². The van der Waals surface area contributed by atoms with Crippen LogP contribution < -0.4 is 10.1 Å². The highest BCUT2D eigenvalue weighted by Crippen LogP contribution is 2.24. The van der Waals surface area contributed by atoms with Gasteiger partial charge in [-0.05, 0) is 31.0 Å². The number of hydrogen-bond donors (Lipinski definition) is 1. The first-order valence-electron chi connectivity index (χ1n) is 6.06. The third-order valence-electron chi connectivity index (χ3n) is 2.76. The number of carbonyl (C=O) groups is 1. The Hall–Kier alpha value is -2.36. The van der Waals surface area contributed by atoms with E-state index in [-0.39, 0.29) is 0 Å². The summed E-state index contributed by atoms with van der Waals surface area (Å²) in [6, 6.07) is 11.8. The summed E-state index contributed by atoms with van der Waals surface area (Å²) in [5, 5.41) is 2.54. The maximum Gasteiger partial charge on any atom is 0.212 e. The molecular formula is C15H16N2O2. The monoisotopic (exact) mass is 256 g/mol. The second-order valence-corrected chi connectivity index (χ2v) is 4.28. The number of aromatic nitrogens is 1. The molecule has 2 rings (SSSR count). The van der Waals surface area contributed by atoms with E-state index in [2.05, 4.69) is 10.3 Å². The number of amides is 1. The summed E-state index contributed by atoms with van der Waals surface area (Å²) >= 11 is 0. The van der Waals surface area contributed by atoms with Gasteiger partial charge in [0.1, 0.15) is 18.2 Å². The number of carbonyl (C=O) groups excluding carboxylic acids is 1. The second-order valence-electron chi connectivity index (χ2n) is 4.28. The van der Waals surface area contributed by atoms with Crippen LogP contribution in [0.3, 0.4) is 0 Å². The fourth-order valence-electron chi connectivity index (χ4n) is 1.90. The second kappa shape index (κ2) is 6.00. The molecule has 0 fully saturated rings. The molecule has 0 aliphatic heterocycles. The molecule has 0 bridgehead atoms. The molecule has 19 heavy (non-hydrogen) atoms. The summed E-state index contributed by atoms with van der Waals surface area (Å²) in [4.78, 5) is 14.7. The lowest BCUT2D eigenvalue weighted by Gasteiger charge is -2.13. The average molecular weight is 256 g/mol. The van der Waals surface area contributed by atoms with Gasteiger partial charge in [0.05, 0.1) is 5.69 Å². The molecule has 0 radical (unpaired) electrons. The van der Waals surface area contributed by atoms with Gasteiger partial charge in [-0.25, -0.2) is 4.98 Å². The van der Waals surface area contributed by atoms with Crippen LogP contribution in [0.4, 0.5) is 5.82 Å². The predicted molar refractivity (Wildman–Crippen MR) is 74.2 cm³/mol. The molecule has 2 aromatic rings. The van der Waals surface area contributed by atoms with Crippen molar-refractivity contribution >= 4 is 12.2 Å². The summed E-state index contributed by atoms with van der Waals surface area (Å²) in [7, 11) is 0. The normalized spacial score (nSPS) is 10.0. The standard InChI is InChI=1S/C15H16N2O2/c1-11-8-14(16-10-18)17-12(2)15(11)19-9-13-6-4-3-5-7-13/h3-8,10H,9H2,1-2H3,(H,16,17,18). The Morgan fingerprint density at radius 3 is 2.63 bits per heavy atom. The SMILES string of the molecule is Cc1cc(NC=O)nc(C)c1OCc1ccccc1. The van der Waals surface area contributed by atoms with Gasteiger partial charge in [0, 0.05) is 0 Å².